The van der Waals surface area contributed by atoms with Gasteiger partial charge >= 0.3 is 0 Å². The standard InChI is InChI=1S/C15H29N3O/c1-5-6-13-16-12(2)14(19)18(13)11-15(3)7-9-17(4)10-8-15/h12-13,16H,5-11H2,1-4H3. The normalized spacial score (nSPS) is 32.0. The third-order valence-corrected chi connectivity index (χ3v) is 4.78. The number of piperidine rings is 1. The fourth-order valence-corrected chi connectivity index (χ4v) is 3.28. The highest BCUT2D eigenvalue weighted by atomic mass is 16.2. The van der Waals surface area contributed by atoms with Crippen molar-refractivity contribution in [3.8, 4) is 0 Å². The third kappa shape index (κ3) is 3.29. The zero-order chi connectivity index (χ0) is 14.0. The maximum atomic E-state index is 12.3. The zero-order valence-electron chi connectivity index (χ0n) is 12.9. The van der Waals surface area contributed by atoms with Gasteiger partial charge in [0, 0.05) is 6.54 Å². The van der Waals surface area contributed by atoms with Gasteiger partial charge in [0.25, 0.3) is 0 Å². The summed E-state index contributed by atoms with van der Waals surface area (Å²) in [7, 11) is 2.18. The van der Waals surface area contributed by atoms with Crippen molar-refractivity contribution in [2.45, 2.75) is 58.7 Å². The van der Waals surface area contributed by atoms with Crippen LogP contribution in [0.15, 0.2) is 0 Å². The summed E-state index contributed by atoms with van der Waals surface area (Å²) in [5.74, 6) is 0.290. The minimum Gasteiger partial charge on any atom is -0.325 e. The number of nitrogens with one attached hydrogen (secondary N) is 1. The molecule has 2 heterocycles. The van der Waals surface area contributed by atoms with Gasteiger partial charge in [-0.1, -0.05) is 20.3 Å². The summed E-state index contributed by atoms with van der Waals surface area (Å²) < 4.78 is 0. The van der Waals surface area contributed by atoms with Crippen molar-refractivity contribution >= 4 is 5.91 Å². The van der Waals surface area contributed by atoms with E-state index in [1.54, 1.807) is 0 Å². The molecule has 0 aromatic rings. The van der Waals surface area contributed by atoms with E-state index in [4.69, 9.17) is 0 Å². The molecule has 2 saturated heterocycles. The number of likely N-dealkylation sites (tertiary alicyclic amines) is 1. The maximum absolute atomic E-state index is 12.3. The Kier molecular flexibility index (Phi) is 4.51. The molecule has 0 saturated carbocycles. The van der Waals surface area contributed by atoms with Gasteiger partial charge in [-0.15, -0.1) is 0 Å². The number of carbonyl (C=O) groups is 1. The molecule has 2 aliphatic rings. The highest BCUT2D eigenvalue weighted by Crippen LogP contribution is 2.33. The van der Waals surface area contributed by atoms with Crippen LogP contribution in [0, 0.1) is 5.41 Å². The number of hydrogen-bond donors (Lipinski definition) is 1. The Balaban J connectivity index is 2.01. The summed E-state index contributed by atoms with van der Waals surface area (Å²) in [5.41, 5.74) is 0.292. The molecule has 19 heavy (non-hydrogen) atoms. The minimum absolute atomic E-state index is 0.00795. The second kappa shape index (κ2) is 5.80. The van der Waals surface area contributed by atoms with Crippen molar-refractivity contribution in [2.75, 3.05) is 26.7 Å². The van der Waals surface area contributed by atoms with Crippen molar-refractivity contribution in [1.29, 1.82) is 0 Å². The van der Waals surface area contributed by atoms with Gasteiger partial charge in [-0.05, 0) is 51.7 Å². The minimum atomic E-state index is -0.00795. The van der Waals surface area contributed by atoms with Gasteiger partial charge in [0.05, 0.1) is 12.2 Å². The fraction of sp³-hybridized carbons (Fsp3) is 0.933. The predicted molar refractivity (Wildman–Crippen MR) is 77.8 cm³/mol. The van der Waals surface area contributed by atoms with Crippen LogP contribution in [-0.4, -0.2) is 54.6 Å². The second-order valence-electron chi connectivity index (χ2n) is 6.77. The summed E-state index contributed by atoms with van der Waals surface area (Å²) in [6, 6.07) is -0.00795. The molecule has 0 aliphatic carbocycles. The van der Waals surface area contributed by atoms with Crippen LogP contribution in [0.1, 0.15) is 46.5 Å². The van der Waals surface area contributed by atoms with Crippen LogP contribution in [0.3, 0.4) is 0 Å². The first-order valence-corrected chi connectivity index (χ1v) is 7.70. The van der Waals surface area contributed by atoms with Crippen LogP contribution < -0.4 is 5.32 Å². The molecule has 2 atom stereocenters. The lowest BCUT2D eigenvalue weighted by Gasteiger charge is -2.41. The number of nitrogens with zero attached hydrogens (tertiary/aromatic N) is 2. The first kappa shape index (κ1) is 14.8. The summed E-state index contributed by atoms with van der Waals surface area (Å²) in [6.45, 7) is 9.74. The van der Waals surface area contributed by atoms with E-state index < -0.39 is 0 Å². The molecule has 4 heteroatoms. The largest absolute Gasteiger partial charge is 0.325 e. The molecule has 0 radical (unpaired) electrons. The van der Waals surface area contributed by atoms with E-state index >= 15 is 0 Å². The van der Waals surface area contributed by atoms with E-state index in [0.717, 1.165) is 32.5 Å². The molecule has 2 unspecified atom stereocenters. The number of amides is 1. The predicted octanol–water partition coefficient (Wildman–Crippen LogP) is 1.66. The summed E-state index contributed by atoms with van der Waals surface area (Å²) in [6.07, 6.45) is 4.82. The molecule has 0 aromatic carbocycles. The summed E-state index contributed by atoms with van der Waals surface area (Å²) >= 11 is 0. The van der Waals surface area contributed by atoms with Crippen molar-refractivity contribution in [3.63, 3.8) is 0 Å². The van der Waals surface area contributed by atoms with Crippen LogP contribution in [0.25, 0.3) is 0 Å². The quantitative estimate of drug-likeness (QED) is 0.841. The van der Waals surface area contributed by atoms with Crippen molar-refractivity contribution in [2.24, 2.45) is 5.41 Å². The average Bonchev–Trinajstić information content (AvgIpc) is 2.62. The Morgan fingerprint density at radius 3 is 2.58 bits per heavy atom. The molecule has 110 valence electrons. The van der Waals surface area contributed by atoms with E-state index in [2.05, 4.69) is 36.0 Å². The van der Waals surface area contributed by atoms with Crippen LogP contribution in [0.5, 0.6) is 0 Å². The Morgan fingerprint density at radius 2 is 2.00 bits per heavy atom. The maximum Gasteiger partial charge on any atom is 0.240 e. The summed E-state index contributed by atoms with van der Waals surface area (Å²) in [4.78, 5) is 16.8. The molecule has 2 fully saturated rings. The first-order chi connectivity index (χ1) is 8.95. The Bertz CT molecular complexity index is 323. The Hall–Kier alpha value is -0.610. The van der Waals surface area contributed by atoms with Crippen LogP contribution in [0.2, 0.25) is 0 Å². The van der Waals surface area contributed by atoms with Gasteiger partial charge in [-0.2, -0.15) is 0 Å². The van der Waals surface area contributed by atoms with Crippen LogP contribution >= 0.6 is 0 Å². The fourth-order valence-electron chi connectivity index (χ4n) is 3.28. The zero-order valence-corrected chi connectivity index (χ0v) is 12.9. The van der Waals surface area contributed by atoms with E-state index in [1.165, 1.54) is 12.8 Å². The molecule has 1 N–H and O–H groups in total. The SMILES string of the molecule is CCCC1NC(C)C(=O)N1CC1(C)CCN(C)CC1. The first-order valence-electron chi connectivity index (χ1n) is 7.70. The summed E-state index contributed by atoms with van der Waals surface area (Å²) in [5, 5.41) is 3.44. The van der Waals surface area contributed by atoms with Gasteiger partial charge in [-0.25, -0.2) is 0 Å². The lowest BCUT2D eigenvalue weighted by Crippen LogP contribution is -2.47. The van der Waals surface area contributed by atoms with Crippen molar-refractivity contribution in [1.82, 2.24) is 15.1 Å². The van der Waals surface area contributed by atoms with E-state index in [1.807, 2.05) is 6.92 Å². The molecule has 2 rings (SSSR count). The van der Waals surface area contributed by atoms with E-state index in [-0.39, 0.29) is 12.2 Å². The van der Waals surface area contributed by atoms with Gasteiger partial charge in [0.2, 0.25) is 5.91 Å². The number of carbonyl (C=O) groups excluding carboxylic acids is 1. The average molecular weight is 267 g/mol. The Labute approximate surface area is 117 Å². The molecule has 0 aromatic heterocycles. The van der Waals surface area contributed by atoms with Crippen molar-refractivity contribution < 1.29 is 4.79 Å². The molecule has 4 nitrogen and oxygen atoms in total. The van der Waals surface area contributed by atoms with Gasteiger partial charge < -0.3 is 9.80 Å². The van der Waals surface area contributed by atoms with Crippen LogP contribution in [-0.2, 0) is 4.79 Å². The van der Waals surface area contributed by atoms with Gasteiger partial charge in [-0.3, -0.25) is 10.1 Å². The third-order valence-electron chi connectivity index (χ3n) is 4.78. The smallest absolute Gasteiger partial charge is 0.240 e. The molecule has 0 spiro atoms. The van der Waals surface area contributed by atoms with E-state index in [9.17, 15) is 4.79 Å². The molecular weight excluding hydrogens is 238 g/mol. The van der Waals surface area contributed by atoms with Gasteiger partial charge in [0.1, 0.15) is 0 Å². The topological polar surface area (TPSA) is 35.6 Å². The van der Waals surface area contributed by atoms with E-state index in [0.29, 0.717) is 11.3 Å². The van der Waals surface area contributed by atoms with Crippen molar-refractivity contribution in [3.05, 3.63) is 0 Å². The lowest BCUT2D eigenvalue weighted by molar-refractivity contribution is -0.131. The molecule has 0 bridgehead atoms. The highest BCUT2D eigenvalue weighted by molar-refractivity contribution is 5.83. The van der Waals surface area contributed by atoms with Crippen LogP contribution in [0.4, 0.5) is 0 Å². The second-order valence-corrected chi connectivity index (χ2v) is 6.77. The molecule has 1 amide bonds. The highest BCUT2D eigenvalue weighted by Gasteiger charge is 2.40. The monoisotopic (exact) mass is 267 g/mol. The number of rotatable bonds is 4. The Morgan fingerprint density at radius 1 is 1.37 bits per heavy atom. The van der Waals surface area contributed by atoms with Gasteiger partial charge in [0.15, 0.2) is 0 Å². The number of hydrogen-bond acceptors (Lipinski definition) is 3. The lowest BCUT2D eigenvalue weighted by atomic mass is 9.80. The molecular formula is C15H29N3O. The molecule has 2 aliphatic heterocycles.